The minimum absolute atomic E-state index is 0.421. The van der Waals surface area contributed by atoms with Crippen LogP contribution in [-0.2, 0) is 11.3 Å². The Morgan fingerprint density at radius 3 is 3.08 bits per heavy atom. The van der Waals surface area contributed by atoms with E-state index in [1.807, 2.05) is 6.92 Å². The van der Waals surface area contributed by atoms with Crippen LogP contribution >= 0.6 is 0 Å². The summed E-state index contributed by atoms with van der Waals surface area (Å²) in [5.74, 6) is 0.184. The lowest BCUT2D eigenvalue weighted by Crippen LogP contribution is -2.25. The monoisotopic (exact) mass is 183 g/mol. The van der Waals surface area contributed by atoms with Crippen LogP contribution in [0.2, 0.25) is 0 Å². The van der Waals surface area contributed by atoms with Gasteiger partial charge in [0, 0.05) is 12.6 Å². The second kappa shape index (κ2) is 4.04. The van der Waals surface area contributed by atoms with E-state index in [1.54, 1.807) is 16.9 Å². The van der Waals surface area contributed by atoms with E-state index in [9.17, 15) is 4.79 Å². The summed E-state index contributed by atoms with van der Waals surface area (Å²) in [6.45, 7) is 4.02. The molecule has 5 heteroatoms. The molecule has 1 aromatic heterocycles. The molecule has 1 aromatic rings. The number of carbonyl (C=O) groups is 1. The molecule has 1 heterocycles. The molecule has 0 aliphatic heterocycles. The van der Waals surface area contributed by atoms with E-state index < -0.39 is 12.0 Å². The third-order valence-corrected chi connectivity index (χ3v) is 1.65. The van der Waals surface area contributed by atoms with Crippen LogP contribution in [0.5, 0.6) is 0 Å². The SMILES string of the molecule is CCn1nccc1NC(=O)[C@H](C)O. The van der Waals surface area contributed by atoms with Crippen LogP contribution in [0, 0.1) is 0 Å². The number of aromatic nitrogens is 2. The minimum atomic E-state index is -1.000. The molecule has 1 amide bonds. The van der Waals surface area contributed by atoms with E-state index >= 15 is 0 Å². The Hall–Kier alpha value is -1.36. The molecule has 0 saturated carbocycles. The Balaban J connectivity index is 2.68. The van der Waals surface area contributed by atoms with Crippen molar-refractivity contribution in [3.63, 3.8) is 0 Å². The van der Waals surface area contributed by atoms with Gasteiger partial charge in [-0.25, -0.2) is 4.68 Å². The lowest BCUT2D eigenvalue weighted by Gasteiger charge is -2.07. The summed E-state index contributed by atoms with van der Waals surface area (Å²) in [5.41, 5.74) is 0. The highest BCUT2D eigenvalue weighted by Crippen LogP contribution is 2.05. The summed E-state index contributed by atoms with van der Waals surface area (Å²) in [5, 5.41) is 15.5. The smallest absolute Gasteiger partial charge is 0.254 e. The van der Waals surface area contributed by atoms with Crippen LogP contribution < -0.4 is 5.32 Å². The standard InChI is InChI=1S/C8H13N3O2/c1-3-11-7(4-5-9-11)10-8(13)6(2)12/h4-6,12H,3H2,1-2H3,(H,10,13)/t6-/m0/s1. The molecule has 0 bridgehead atoms. The maximum absolute atomic E-state index is 11.1. The summed E-state index contributed by atoms with van der Waals surface area (Å²) < 4.78 is 1.64. The first-order chi connectivity index (χ1) is 6.15. The van der Waals surface area contributed by atoms with Crippen molar-refractivity contribution in [3.05, 3.63) is 12.3 Å². The van der Waals surface area contributed by atoms with Gasteiger partial charge in [0.25, 0.3) is 5.91 Å². The summed E-state index contributed by atoms with van der Waals surface area (Å²) in [6, 6.07) is 1.68. The lowest BCUT2D eigenvalue weighted by atomic mass is 10.4. The maximum atomic E-state index is 11.1. The molecule has 0 aliphatic rings. The molecule has 5 nitrogen and oxygen atoms in total. The molecular formula is C8H13N3O2. The van der Waals surface area contributed by atoms with Gasteiger partial charge in [-0.3, -0.25) is 4.79 Å². The summed E-state index contributed by atoms with van der Waals surface area (Å²) in [7, 11) is 0. The molecular weight excluding hydrogens is 170 g/mol. The van der Waals surface area contributed by atoms with Gasteiger partial charge in [-0.1, -0.05) is 0 Å². The number of rotatable bonds is 3. The molecule has 0 aliphatic carbocycles. The third-order valence-electron chi connectivity index (χ3n) is 1.65. The van der Waals surface area contributed by atoms with Crippen molar-refractivity contribution >= 4 is 11.7 Å². The van der Waals surface area contributed by atoms with Crippen molar-refractivity contribution < 1.29 is 9.90 Å². The predicted octanol–water partition coefficient (Wildman–Crippen LogP) is 0.222. The van der Waals surface area contributed by atoms with E-state index in [1.165, 1.54) is 6.92 Å². The zero-order valence-corrected chi connectivity index (χ0v) is 7.69. The van der Waals surface area contributed by atoms with Gasteiger partial charge in [-0.15, -0.1) is 0 Å². The van der Waals surface area contributed by atoms with Crippen LogP contribution in [0.4, 0.5) is 5.82 Å². The van der Waals surface area contributed by atoms with Gasteiger partial charge in [0.05, 0.1) is 6.20 Å². The number of carbonyl (C=O) groups excluding carboxylic acids is 1. The number of nitrogens with one attached hydrogen (secondary N) is 1. The highest BCUT2D eigenvalue weighted by atomic mass is 16.3. The topological polar surface area (TPSA) is 67.2 Å². The first-order valence-corrected chi connectivity index (χ1v) is 4.16. The van der Waals surface area contributed by atoms with Gasteiger partial charge in [-0.05, 0) is 13.8 Å². The van der Waals surface area contributed by atoms with Crippen molar-refractivity contribution in [2.24, 2.45) is 0 Å². The number of aryl methyl sites for hydroxylation is 1. The molecule has 0 aromatic carbocycles. The number of hydrogen-bond acceptors (Lipinski definition) is 3. The fraction of sp³-hybridized carbons (Fsp3) is 0.500. The molecule has 0 fully saturated rings. The number of amides is 1. The van der Waals surface area contributed by atoms with Crippen LogP contribution in [0.15, 0.2) is 12.3 Å². The van der Waals surface area contributed by atoms with Crippen LogP contribution in [-0.4, -0.2) is 26.9 Å². The molecule has 0 spiro atoms. The van der Waals surface area contributed by atoms with E-state index in [0.29, 0.717) is 12.4 Å². The van der Waals surface area contributed by atoms with Crippen molar-refractivity contribution in [1.82, 2.24) is 9.78 Å². The van der Waals surface area contributed by atoms with Gasteiger partial charge in [0.15, 0.2) is 0 Å². The number of nitrogens with zero attached hydrogens (tertiary/aromatic N) is 2. The van der Waals surface area contributed by atoms with Gasteiger partial charge in [-0.2, -0.15) is 5.10 Å². The van der Waals surface area contributed by atoms with Gasteiger partial charge >= 0.3 is 0 Å². The fourth-order valence-corrected chi connectivity index (χ4v) is 0.922. The zero-order chi connectivity index (χ0) is 9.84. The Bertz CT molecular complexity index is 293. The van der Waals surface area contributed by atoms with Crippen molar-refractivity contribution in [2.45, 2.75) is 26.5 Å². The lowest BCUT2D eigenvalue weighted by molar-refractivity contribution is -0.123. The van der Waals surface area contributed by atoms with E-state index in [2.05, 4.69) is 10.4 Å². The summed E-state index contributed by atoms with van der Waals surface area (Å²) >= 11 is 0. The van der Waals surface area contributed by atoms with E-state index in [-0.39, 0.29) is 0 Å². The van der Waals surface area contributed by atoms with Crippen LogP contribution in [0.25, 0.3) is 0 Å². The zero-order valence-electron chi connectivity index (χ0n) is 7.69. The Morgan fingerprint density at radius 1 is 1.85 bits per heavy atom. The van der Waals surface area contributed by atoms with Crippen molar-refractivity contribution in [1.29, 1.82) is 0 Å². The first kappa shape index (κ1) is 9.73. The highest BCUT2D eigenvalue weighted by molar-refractivity contribution is 5.92. The first-order valence-electron chi connectivity index (χ1n) is 4.16. The third kappa shape index (κ3) is 2.29. The van der Waals surface area contributed by atoms with Gasteiger partial charge in [0.1, 0.15) is 11.9 Å². The summed E-state index contributed by atoms with van der Waals surface area (Å²) in [6.07, 6.45) is 0.599. The molecule has 0 unspecified atom stereocenters. The second-order valence-corrected chi connectivity index (χ2v) is 2.70. The maximum Gasteiger partial charge on any atom is 0.254 e. The average Bonchev–Trinajstić information content (AvgIpc) is 2.51. The van der Waals surface area contributed by atoms with Gasteiger partial charge in [0.2, 0.25) is 0 Å². The average molecular weight is 183 g/mol. The molecule has 0 saturated heterocycles. The molecule has 2 N–H and O–H groups in total. The quantitative estimate of drug-likeness (QED) is 0.704. The molecule has 72 valence electrons. The fourth-order valence-electron chi connectivity index (χ4n) is 0.922. The number of aliphatic hydroxyl groups is 1. The molecule has 13 heavy (non-hydrogen) atoms. The molecule has 1 rings (SSSR count). The van der Waals surface area contributed by atoms with Crippen molar-refractivity contribution in [2.75, 3.05) is 5.32 Å². The minimum Gasteiger partial charge on any atom is -0.384 e. The summed E-state index contributed by atoms with van der Waals surface area (Å²) in [4.78, 5) is 11.1. The molecule has 0 radical (unpaired) electrons. The normalized spacial score (nSPS) is 12.5. The Kier molecular flexibility index (Phi) is 3.02. The molecule has 1 atom stereocenters. The number of aliphatic hydroxyl groups excluding tert-OH is 1. The highest BCUT2D eigenvalue weighted by Gasteiger charge is 2.10. The van der Waals surface area contributed by atoms with Crippen LogP contribution in [0.3, 0.4) is 0 Å². The Labute approximate surface area is 76.4 Å². The number of anilines is 1. The van der Waals surface area contributed by atoms with Crippen LogP contribution in [0.1, 0.15) is 13.8 Å². The predicted molar refractivity (Wildman–Crippen MR) is 48.2 cm³/mol. The van der Waals surface area contributed by atoms with E-state index in [4.69, 9.17) is 5.11 Å². The van der Waals surface area contributed by atoms with E-state index in [0.717, 1.165) is 0 Å². The van der Waals surface area contributed by atoms with Gasteiger partial charge < -0.3 is 10.4 Å². The largest absolute Gasteiger partial charge is 0.384 e. The second-order valence-electron chi connectivity index (χ2n) is 2.70. The Morgan fingerprint density at radius 2 is 2.54 bits per heavy atom. The number of hydrogen-bond donors (Lipinski definition) is 2. The van der Waals surface area contributed by atoms with Crippen molar-refractivity contribution in [3.8, 4) is 0 Å².